The van der Waals surface area contributed by atoms with E-state index in [1.807, 2.05) is 29.8 Å². The van der Waals surface area contributed by atoms with E-state index in [0.717, 1.165) is 49.0 Å². The quantitative estimate of drug-likeness (QED) is 0.239. The number of nitrogens with one attached hydrogen (secondary N) is 2. The number of hydrogen-bond acceptors (Lipinski definition) is 4. The van der Waals surface area contributed by atoms with Crippen molar-refractivity contribution in [3.63, 3.8) is 0 Å². The van der Waals surface area contributed by atoms with Crippen molar-refractivity contribution >= 4 is 29.9 Å². The highest BCUT2D eigenvalue weighted by molar-refractivity contribution is 14.0. The number of aromatic nitrogens is 2. The van der Waals surface area contributed by atoms with Crippen molar-refractivity contribution in [2.45, 2.75) is 40.3 Å². The number of hydrogen-bond donors (Lipinski definition) is 2. The van der Waals surface area contributed by atoms with Crippen LogP contribution in [0.3, 0.4) is 0 Å². The summed E-state index contributed by atoms with van der Waals surface area (Å²) in [6, 6.07) is 7.92. The van der Waals surface area contributed by atoms with E-state index < -0.39 is 0 Å². The molecule has 0 radical (unpaired) electrons. The van der Waals surface area contributed by atoms with Gasteiger partial charge in [0.1, 0.15) is 0 Å². The van der Waals surface area contributed by atoms with E-state index in [-0.39, 0.29) is 24.0 Å². The molecule has 0 amide bonds. The van der Waals surface area contributed by atoms with Gasteiger partial charge in [-0.05, 0) is 39.3 Å². The van der Waals surface area contributed by atoms with Crippen LogP contribution in [-0.2, 0) is 13.1 Å². The Morgan fingerprint density at radius 3 is 2.57 bits per heavy atom. The van der Waals surface area contributed by atoms with Crippen LogP contribution >= 0.6 is 24.0 Å². The molecule has 2 N–H and O–H groups in total. The second-order valence-electron chi connectivity index (χ2n) is 6.28. The zero-order valence-electron chi connectivity index (χ0n) is 17.4. The fourth-order valence-electron chi connectivity index (χ4n) is 2.92. The fraction of sp³-hybridized carbons (Fsp3) is 0.500. The number of methoxy groups -OCH3 is 2. The number of para-hydroxylation sites is 1. The average Bonchev–Trinajstić information content (AvgIpc) is 2.99. The number of rotatable bonds is 9. The molecule has 0 spiro atoms. The van der Waals surface area contributed by atoms with Gasteiger partial charge in [0.25, 0.3) is 0 Å². The van der Waals surface area contributed by atoms with Crippen LogP contribution in [0.2, 0.25) is 0 Å². The lowest BCUT2D eigenvalue weighted by Gasteiger charge is -2.14. The van der Waals surface area contributed by atoms with Gasteiger partial charge in [0, 0.05) is 30.9 Å². The molecule has 7 nitrogen and oxygen atoms in total. The smallest absolute Gasteiger partial charge is 0.191 e. The van der Waals surface area contributed by atoms with Crippen molar-refractivity contribution in [1.29, 1.82) is 0 Å². The Morgan fingerprint density at radius 1 is 1.18 bits per heavy atom. The van der Waals surface area contributed by atoms with Gasteiger partial charge in [0.2, 0.25) is 0 Å². The first kappa shape index (κ1) is 24.1. The standard InChI is InChI=1S/C20H31N5O2.HI/c1-6-21-20(22-11-8-12-25-16(3)13-15(2)24-25)23-14-17-9-7-10-18(26-4)19(17)27-5;/h7,9-10,13H,6,8,11-12,14H2,1-5H3,(H2,21,22,23);1H. The van der Waals surface area contributed by atoms with Crippen molar-refractivity contribution in [3.8, 4) is 11.5 Å². The Hall–Kier alpha value is -1.97. The number of aryl methyl sites for hydroxylation is 3. The maximum Gasteiger partial charge on any atom is 0.191 e. The fourth-order valence-corrected chi connectivity index (χ4v) is 2.92. The highest BCUT2D eigenvalue weighted by Crippen LogP contribution is 2.30. The Labute approximate surface area is 184 Å². The summed E-state index contributed by atoms with van der Waals surface area (Å²) in [5.41, 5.74) is 3.23. The number of nitrogens with zero attached hydrogens (tertiary/aromatic N) is 3. The predicted octanol–water partition coefficient (Wildman–Crippen LogP) is 3.28. The minimum atomic E-state index is 0. The number of halogens is 1. The lowest BCUT2D eigenvalue weighted by Crippen LogP contribution is -2.38. The molecule has 0 saturated carbocycles. The lowest BCUT2D eigenvalue weighted by atomic mass is 10.2. The second-order valence-corrected chi connectivity index (χ2v) is 6.28. The van der Waals surface area contributed by atoms with Crippen LogP contribution in [0.5, 0.6) is 11.5 Å². The average molecular weight is 501 g/mol. The number of ether oxygens (including phenoxy) is 2. The highest BCUT2D eigenvalue weighted by atomic mass is 127. The molecule has 2 aromatic rings. The summed E-state index contributed by atoms with van der Waals surface area (Å²) in [6.07, 6.45) is 0.967. The van der Waals surface area contributed by atoms with E-state index in [2.05, 4.69) is 40.6 Å². The molecular formula is C20H32IN5O2. The van der Waals surface area contributed by atoms with Gasteiger partial charge in [-0.3, -0.25) is 4.68 Å². The van der Waals surface area contributed by atoms with Gasteiger partial charge < -0.3 is 20.1 Å². The molecule has 2 rings (SSSR count). The molecule has 0 aliphatic carbocycles. The summed E-state index contributed by atoms with van der Waals surface area (Å²) in [5, 5.41) is 11.1. The summed E-state index contributed by atoms with van der Waals surface area (Å²) in [4.78, 5) is 4.67. The predicted molar refractivity (Wildman–Crippen MR) is 124 cm³/mol. The molecular weight excluding hydrogens is 469 g/mol. The number of aliphatic imine (C=N–C) groups is 1. The van der Waals surface area contributed by atoms with Crippen LogP contribution < -0.4 is 20.1 Å². The molecule has 1 heterocycles. The largest absolute Gasteiger partial charge is 0.493 e. The zero-order chi connectivity index (χ0) is 19.6. The first-order valence-corrected chi connectivity index (χ1v) is 9.32. The van der Waals surface area contributed by atoms with Crippen LogP contribution in [-0.4, -0.2) is 43.0 Å². The van der Waals surface area contributed by atoms with E-state index in [1.54, 1.807) is 14.2 Å². The molecule has 0 saturated heterocycles. The van der Waals surface area contributed by atoms with Gasteiger partial charge in [-0.1, -0.05) is 12.1 Å². The van der Waals surface area contributed by atoms with Crippen molar-refractivity contribution in [2.24, 2.45) is 4.99 Å². The maximum atomic E-state index is 5.48. The highest BCUT2D eigenvalue weighted by Gasteiger charge is 2.09. The summed E-state index contributed by atoms with van der Waals surface area (Å²) >= 11 is 0. The first-order chi connectivity index (χ1) is 13.1. The van der Waals surface area contributed by atoms with E-state index in [0.29, 0.717) is 12.3 Å². The van der Waals surface area contributed by atoms with E-state index in [9.17, 15) is 0 Å². The molecule has 1 aromatic carbocycles. The van der Waals surface area contributed by atoms with E-state index in [4.69, 9.17) is 9.47 Å². The molecule has 28 heavy (non-hydrogen) atoms. The summed E-state index contributed by atoms with van der Waals surface area (Å²) < 4.78 is 12.9. The maximum absolute atomic E-state index is 5.48. The third kappa shape index (κ3) is 6.88. The zero-order valence-corrected chi connectivity index (χ0v) is 19.7. The van der Waals surface area contributed by atoms with Crippen molar-refractivity contribution in [3.05, 3.63) is 41.2 Å². The Morgan fingerprint density at radius 2 is 1.96 bits per heavy atom. The van der Waals surface area contributed by atoms with E-state index >= 15 is 0 Å². The SMILES string of the molecule is CCNC(=NCc1cccc(OC)c1OC)NCCCn1nc(C)cc1C.I. The lowest BCUT2D eigenvalue weighted by molar-refractivity contribution is 0.352. The van der Waals surface area contributed by atoms with E-state index in [1.165, 1.54) is 5.69 Å². The molecule has 1 aromatic heterocycles. The molecule has 0 fully saturated rings. The van der Waals surface area contributed by atoms with Crippen LogP contribution in [0.1, 0.15) is 30.3 Å². The Balaban J connectivity index is 0.00000392. The Kier molecular flexibility index (Phi) is 10.7. The Bertz CT molecular complexity index is 761. The third-order valence-electron chi connectivity index (χ3n) is 4.18. The van der Waals surface area contributed by atoms with Gasteiger partial charge in [-0.15, -0.1) is 24.0 Å². The normalized spacial score (nSPS) is 11.0. The molecule has 0 aliphatic heterocycles. The van der Waals surface area contributed by atoms with Crippen molar-refractivity contribution in [1.82, 2.24) is 20.4 Å². The monoisotopic (exact) mass is 501 g/mol. The summed E-state index contributed by atoms with van der Waals surface area (Å²) in [6.45, 7) is 9.17. The minimum Gasteiger partial charge on any atom is -0.493 e. The van der Waals surface area contributed by atoms with Crippen LogP contribution in [0, 0.1) is 13.8 Å². The van der Waals surface area contributed by atoms with Gasteiger partial charge in [0.15, 0.2) is 17.5 Å². The summed E-state index contributed by atoms with van der Waals surface area (Å²) in [5.74, 6) is 2.23. The first-order valence-electron chi connectivity index (χ1n) is 9.32. The van der Waals surface area contributed by atoms with Gasteiger partial charge in [-0.2, -0.15) is 5.10 Å². The van der Waals surface area contributed by atoms with Gasteiger partial charge in [-0.25, -0.2) is 4.99 Å². The van der Waals surface area contributed by atoms with Crippen LogP contribution in [0.4, 0.5) is 0 Å². The van der Waals surface area contributed by atoms with Crippen LogP contribution in [0.25, 0.3) is 0 Å². The van der Waals surface area contributed by atoms with Gasteiger partial charge in [0.05, 0.1) is 26.5 Å². The molecule has 8 heteroatoms. The number of benzene rings is 1. The molecule has 0 bridgehead atoms. The minimum absolute atomic E-state index is 0. The third-order valence-corrected chi connectivity index (χ3v) is 4.18. The van der Waals surface area contributed by atoms with Crippen molar-refractivity contribution in [2.75, 3.05) is 27.3 Å². The second kappa shape index (κ2) is 12.5. The number of guanidine groups is 1. The van der Waals surface area contributed by atoms with Gasteiger partial charge >= 0.3 is 0 Å². The molecule has 0 aliphatic rings. The topological polar surface area (TPSA) is 72.7 Å². The molecule has 0 unspecified atom stereocenters. The van der Waals surface area contributed by atoms with Crippen LogP contribution in [0.15, 0.2) is 29.3 Å². The van der Waals surface area contributed by atoms with Crippen molar-refractivity contribution < 1.29 is 9.47 Å². The molecule has 156 valence electrons. The molecule has 0 atom stereocenters. The summed E-state index contributed by atoms with van der Waals surface area (Å²) in [7, 11) is 3.28.